The molecule has 2 N–H and O–H groups in total. The van der Waals surface area contributed by atoms with Gasteiger partial charge < -0.3 is 10.3 Å². The highest BCUT2D eigenvalue weighted by Gasteiger charge is 2.03. The summed E-state index contributed by atoms with van der Waals surface area (Å²) in [5.74, 6) is 1.04. The van der Waals surface area contributed by atoms with E-state index in [1.165, 1.54) is 9.13 Å². The highest BCUT2D eigenvalue weighted by atomic mass is 127. The van der Waals surface area contributed by atoms with E-state index < -0.39 is 0 Å². The molecule has 0 amide bonds. The summed E-state index contributed by atoms with van der Waals surface area (Å²) in [6.07, 6.45) is 2.84. The zero-order chi connectivity index (χ0) is 13.0. The molecule has 2 aromatic rings. The standard InChI is InChI=1S/C14H18IN3/c1-10(2)16-8-7-14-17-9-13(18-14)11-3-5-12(15)6-4-11/h3-6,9-10,16H,7-8H2,1-2H3,(H,17,18). The van der Waals surface area contributed by atoms with E-state index in [0.29, 0.717) is 6.04 Å². The van der Waals surface area contributed by atoms with Crippen LogP contribution in [0.25, 0.3) is 11.3 Å². The van der Waals surface area contributed by atoms with Crippen LogP contribution in [0.3, 0.4) is 0 Å². The smallest absolute Gasteiger partial charge is 0.107 e. The largest absolute Gasteiger partial charge is 0.342 e. The number of aromatic nitrogens is 2. The molecule has 0 bridgehead atoms. The predicted octanol–water partition coefficient (Wildman–Crippen LogP) is 3.22. The maximum atomic E-state index is 4.41. The van der Waals surface area contributed by atoms with E-state index in [1.54, 1.807) is 0 Å². The lowest BCUT2D eigenvalue weighted by atomic mass is 10.2. The Kier molecular flexibility index (Phi) is 4.77. The number of rotatable bonds is 5. The second kappa shape index (κ2) is 6.33. The fourth-order valence-electron chi connectivity index (χ4n) is 1.74. The van der Waals surface area contributed by atoms with E-state index in [-0.39, 0.29) is 0 Å². The fraction of sp³-hybridized carbons (Fsp3) is 0.357. The van der Waals surface area contributed by atoms with Crippen molar-refractivity contribution in [2.45, 2.75) is 26.3 Å². The Morgan fingerprint density at radius 2 is 2.00 bits per heavy atom. The van der Waals surface area contributed by atoms with Crippen LogP contribution in [0.2, 0.25) is 0 Å². The molecule has 0 saturated heterocycles. The van der Waals surface area contributed by atoms with Gasteiger partial charge in [-0.2, -0.15) is 0 Å². The lowest BCUT2D eigenvalue weighted by Gasteiger charge is -2.05. The highest BCUT2D eigenvalue weighted by molar-refractivity contribution is 14.1. The summed E-state index contributed by atoms with van der Waals surface area (Å²) in [4.78, 5) is 7.78. The van der Waals surface area contributed by atoms with Gasteiger partial charge in [0.2, 0.25) is 0 Å². The fourth-order valence-corrected chi connectivity index (χ4v) is 2.10. The summed E-state index contributed by atoms with van der Waals surface area (Å²) < 4.78 is 1.25. The first-order valence-electron chi connectivity index (χ1n) is 6.18. The van der Waals surface area contributed by atoms with Crippen molar-refractivity contribution in [2.24, 2.45) is 0 Å². The van der Waals surface area contributed by atoms with Gasteiger partial charge in [0.05, 0.1) is 11.9 Å². The van der Waals surface area contributed by atoms with Gasteiger partial charge in [0.15, 0.2) is 0 Å². The summed E-state index contributed by atoms with van der Waals surface area (Å²) in [5.41, 5.74) is 2.27. The molecule has 1 aromatic heterocycles. The Bertz CT molecular complexity index is 488. The second-order valence-electron chi connectivity index (χ2n) is 4.61. The van der Waals surface area contributed by atoms with Gasteiger partial charge in [0.1, 0.15) is 5.82 Å². The minimum absolute atomic E-state index is 0.524. The van der Waals surface area contributed by atoms with Crippen LogP contribution in [0, 0.1) is 3.57 Å². The van der Waals surface area contributed by atoms with Crippen molar-refractivity contribution in [3.63, 3.8) is 0 Å². The summed E-state index contributed by atoms with van der Waals surface area (Å²) in [7, 11) is 0. The van der Waals surface area contributed by atoms with Crippen LogP contribution in [0.4, 0.5) is 0 Å². The number of aromatic amines is 1. The quantitative estimate of drug-likeness (QED) is 0.809. The van der Waals surface area contributed by atoms with Gasteiger partial charge >= 0.3 is 0 Å². The third kappa shape index (κ3) is 3.81. The molecule has 4 heteroatoms. The van der Waals surface area contributed by atoms with E-state index >= 15 is 0 Å². The van der Waals surface area contributed by atoms with Crippen LogP contribution in [-0.2, 0) is 6.42 Å². The van der Waals surface area contributed by atoms with Crippen molar-refractivity contribution >= 4 is 22.6 Å². The van der Waals surface area contributed by atoms with Gasteiger partial charge in [-0.05, 0) is 40.3 Å². The van der Waals surface area contributed by atoms with Crippen LogP contribution in [0.5, 0.6) is 0 Å². The molecule has 1 heterocycles. The average Bonchev–Trinajstić information content (AvgIpc) is 2.78. The van der Waals surface area contributed by atoms with Crippen molar-refractivity contribution in [3.8, 4) is 11.3 Å². The van der Waals surface area contributed by atoms with Crippen molar-refractivity contribution in [1.29, 1.82) is 0 Å². The summed E-state index contributed by atoms with van der Waals surface area (Å²) in [5, 5.41) is 3.39. The Hall–Kier alpha value is -0.880. The maximum absolute atomic E-state index is 4.41. The third-order valence-electron chi connectivity index (χ3n) is 2.70. The van der Waals surface area contributed by atoms with Crippen LogP contribution >= 0.6 is 22.6 Å². The molecular formula is C14H18IN3. The van der Waals surface area contributed by atoms with Gasteiger partial charge in [-0.3, -0.25) is 0 Å². The van der Waals surface area contributed by atoms with Gasteiger partial charge in [-0.1, -0.05) is 26.0 Å². The molecule has 18 heavy (non-hydrogen) atoms. The van der Waals surface area contributed by atoms with Gasteiger partial charge in [-0.25, -0.2) is 4.98 Å². The Morgan fingerprint density at radius 3 is 2.67 bits per heavy atom. The Labute approximate surface area is 122 Å². The molecule has 96 valence electrons. The van der Waals surface area contributed by atoms with Crippen molar-refractivity contribution < 1.29 is 0 Å². The van der Waals surface area contributed by atoms with Crippen LogP contribution < -0.4 is 5.32 Å². The molecule has 0 aliphatic rings. The first kappa shape index (κ1) is 13.5. The molecule has 0 fully saturated rings. The zero-order valence-corrected chi connectivity index (χ0v) is 12.9. The number of imidazole rings is 1. The topological polar surface area (TPSA) is 40.7 Å². The monoisotopic (exact) mass is 355 g/mol. The number of nitrogens with one attached hydrogen (secondary N) is 2. The lowest BCUT2D eigenvalue weighted by Crippen LogP contribution is -2.25. The zero-order valence-electron chi connectivity index (χ0n) is 10.7. The molecule has 3 nitrogen and oxygen atoms in total. The van der Waals surface area contributed by atoms with E-state index in [9.17, 15) is 0 Å². The van der Waals surface area contributed by atoms with E-state index in [4.69, 9.17) is 0 Å². The molecule has 0 saturated carbocycles. The molecule has 0 unspecified atom stereocenters. The third-order valence-corrected chi connectivity index (χ3v) is 3.42. The lowest BCUT2D eigenvalue weighted by molar-refractivity contribution is 0.584. The molecule has 0 spiro atoms. The van der Waals surface area contributed by atoms with Crippen molar-refractivity contribution in [1.82, 2.24) is 15.3 Å². The molecule has 2 rings (SSSR count). The van der Waals surface area contributed by atoms with E-state index in [2.05, 4.69) is 76.0 Å². The Balaban J connectivity index is 1.99. The maximum Gasteiger partial charge on any atom is 0.107 e. The molecule has 1 aromatic carbocycles. The number of H-pyrrole nitrogens is 1. The molecule has 0 aliphatic heterocycles. The minimum atomic E-state index is 0.524. The summed E-state index contributed by atoms with van der Waals surface area (Å²) in [6.45, 7) is 5.26. The average molecular weight is 355 g/mol. The molecule has 0 aliphatic carbocycles. The number of hydrogen-bond donors (Lipinski definition) is 2. The second-order valence-corrected chi connectivity index (χ2v) is 5.85. The normalized spacial score (nSPS) is 11.1. The van der Waals surface area contributed by atoms with Crippen molar-refractivity contribution in [3.05, 3.63) is 39.9 Å². The van der Waals surface area contributed by atoms with Gasteiger partial charge in [-0.15, -0.1) is 0 Å². The molecular weight excluding hydrogens is 337 g/mol. The number of nitrogens with zero attached hydrogens (tertiary/aromatic N) is 1. The SMILES string of the molecule is CC(C)NCCc1ncc(-c2ccc(I)cc2)[nH]1. The first-order chi connectivity index (χ1) is 8.65. The van der Waals surface area contributed by atoms with Crippen LogP contribution in [0.15, 0.2) is 30.5 Å². The molecule has 0 atom stereocenters. The summed E-state index contributed by atoms with van der Waals surface area (Å²) >= 11 is 2.31. The number of hydrogen-bond acceptors (Lipinski definition) is 2. The van der Waals surface area contributed by atoms with Crippen molar-refractivity contribution in [2.75, 3.05) is 6.54 Å². The Morgan fingerprint density at radius 1 is 1.28 bits per heavy atom. The molecule has 0 radical (unpaired) electrons. The van der Waals surface area contributed by atoms with Gasteiger partial charge in [0.25, 0.3) is 0 Å². The highest BCUT2D eigenvalue weighted by Crippen LogP contribution is 2.18. The van der Waals surface area contributed by atoms with E-state index in [0.717, 1.165) is 24.5 Å². The predicted molar refractivity (Wildman–Crippen MR) is 83.6 cm³/mol. The number of benzene rings is 1. The van der Waals surface area contributed by atoms with Crippen LogP contribution in [-0.4, -0.2) is 22.6 Å². The first-order valence-corrected chi connectivity index (χ1v) is 7.26. The summed E-state index contributed by atoms with van der Waals surface area (Å²) in [6, 6.07) is 8.97. The van der Waals surface area contributed by atoms with E-state index in [1.807, 2.05) is 6.20 Å². The van der Waals surface area contributed by atoms with Crippen LogP contribution in [0.1, 0.15) is 19.7 Å². The minimum Gasteiger partial charge on any atom is -0.342 e. The number of halogens is 1. The van der Waals surface area contributed by atoms with Gasteiger partial charge in [0, 0.05) is 22.6 Å².